The monoisotopic (exact) mass is 464 g/mol. The third-order valence-corrected chi connectivity index (χ3v) is 6.32. The van der Waals surface area contributed by atoms with Gasteiger partial charge in [0.25, 0.3) is 0 Å². The first-order chi connectivity index (χ1) is 16.0. The Kier molecular flexibility index (Phi) is 16.7. The summed E-state index contributed by atoms with van der Waals surface area (Å²) in [5, 5.41) is 0. The summed E-state index contributed by atoms with van der Waals surface area (Å²) in [4.78, 5) is 24.1. The summed E-state index contributed by atoms with van der Waals surface area (Å²) >= 11 is 0. The van der Waals surface area contributed by atoms with Crippen LogP contribution in [-0.2, 0) is 16.1 Å². The fraction of sp³-hybridized carbons (Fsp3) is 0.786. The molecule has 33 heavy (non-hydrogen) atoms. The number of carbonyl (C=O) groups excluding carboxylic acids is 1. The maximum absolute atomic E-state index is 12.1. The first-order valence-electron chi connectivity index (χ1n) is 13.4. The van der Waals surface area contributed by atoms with Gasteiger partial charge in [-0.15, -0.1) is 0 Å². The molecule has 1 aromatic rings. The molecular formula is C28H48O5. The molecule has 1 unspecified atom stereocenters. The predicted octanol–water partition coefficient (Wildman–Crippen LogP) is 7.84. The van der Waals surface area contributed by atoms with Gasteiger partial charge in [-0.25, -0.2) is 0 Å². The molecule has 1 rings (SSSR count). The number of ether oxygens (including phenoxy) is 2. The van der Waals surface area contributed by atoms with Crippen LogP contribution < -0.4 is 10.2 Å². The Hall–Kier alpha value is -1.62. The zero-order chi connectivity index (χ0) is 24.3. The minimum absolute atomic E-state index is 0.0665. The van der Waals surface area contributed by atoms with E-state index in [0.29, 0.717) is 12.4 Å². The summed E-state index contributed by atoms with van der Waals surface area (Å²) in [5.41, 5.74) is -0.361. The van der Waals surface area contributed by atoms with Crippen molar-refractivity contribution >= 4 is 5.97 Å². The summed E-state index contributed by atoms with van der Waals surface area (Å²) in [6.07, 6.45) is 19.8. The van der Waals surface area contributed by atoms with Gasteiger partial charge in [0.05, 0.1) is 5.92 Å². The van der Waals surface area contributed by atoms with Crippen LogP contribution >= 0.6 is 0 Å². The van der Waals surface area contributed by atoms with Crippen molar-refractivity contribution in [2.24, 2.45) is 11.8 Å². The number of esters is 1. The highest BCUT2D eigenvalue weighted by Crippen LogP contribution is 2.15. The van der Waals surface area contributed by atoms with E-state index in [-0.39, 0.29) is 29.6 Å². The van der Waals surface area contributed by atoms with E-state index < -0.39 is 5.97 Å². The summed E-state index contributed by atoms with van der Waals surface area (Å²) in [6, 6.07) is 1.34. The summed E-state index contributed by atoms with van der Waals surface area (Å²) in [5.74, 6) is -0.172. The first-order valence-corrected chi connectivity index (χ1v) is 13.4. The van der Waals surface area contributed by atoms with Gasteiger partial charge in [0.15, 0.2) is 0 Å². The Labute approximate surface area is 201 Å². The van der Waals surface area contributed by atoms with Crippen molar-refractivity contribution in [2.75, 3.05) is 6.61 Å². The average Bonchev–Trinajstić information content (AvgIpc) is 2.79. The van der Waals surface area contributed by atoms with Crippen molar-refractivity contribution in [1.29, 1.82) is 0 Å². The zero-order valence-electron chi connectivity index (χ0n) is 21.7. The van der Waals surface area contributed by atoms with Gasteiger partial charge in [-0.3, -0.25) is 9.59 Å². The Morgan fingerprint density at radius 3 is 1.85 bits per heavy atom. The minimum atomic E-state index is -0.417. The smallest absolute Gasteiger partial charge is 0.314 e. The van der Waals surface area contributed by atoms with Crippen LogP contribution in [0.5, 0.6) is 5.75 Å². The molecule has 190 valence electrons. The number of hydrogen-bond donors (Lipinski definition) is 0. The van der Waals surface area contributed by atoms with E-state index >= 15 is 0 Å². The van der Waals surface area contributed by atoms with Crippen LogP contribution in [0.1, 0.15) is 123 Å². The highest BCUT2D eigenvalue weighted by molar-refractivity contribution is 5.74. The molecule has 1 heterocycles. The van der Waals surface area contributed by atoms with Crippen molar-refractivity contribution in [3.05, 3.63) is 28.3 Å². The van der Waals surface area contributed by atoms with Gasteiger partial charge in [-0.05, 0) is 12.3 Å². The lowest BCUT2D eigenvalue weighted by Crippen LogP contribution is -2.24. The quantitative estimate of drug-likeness (QED) is 0.145. The fourth-order valence-corrected chi connectivity index (χ4v) is 3.63. The molecular weight excluding hydrogens is 416 g/mol. The lowest BCUT2D eigenvalue weighted by Gasteiger charge is -2.13. The largest absolute Gasteiger partial charge is 0.463 e. The summed E-state index contributed by atoms with van der Waals surface area (Å²) in [7, 11) is 0. The molecule has 0 radical (unpaired) electrons. The average molecular weight is 465 g/mol. The van der Waals surface area contributed by atoms with E-state index in [4.69, 9.17) is 13.9 Å². The van der Waals surface area contributed by atoms with Crippen LogP contribution in [0.25, 0.3) is 0 Å². The molecule has 0 aliphatic rings. The van der Waals surface area contributed by atoms with Crippen LogP contribution in [0, 0.1) is 11.8 Å². The van der Waals surface area contributed by atoms with Crippen LogP contribution in [0.15, 0.2) is 21.5 Å². The highest BCUT2D eigenvalue weighted by Gasteiger charge is 2.20. The molecule has 0 spiro atoms. The van der Waals surface area contributed by atoms with Gasteiger partial charge < -0.3 is 13.9 Å². The Bertz CT molecular complexity index is 679. The molecule has 5 heteroatoms. The van der Waals surface area contributed by atoms with Crippen LogP contribution in [-0.4, -0.2) is 12.6 Å². The molecule has 0 bridgehead atoms. The molecule has 0 aromatic carbocycles. The molecule has 0 saturated carbocycles. The highest BCUT2D eigenvalue weighted by atomic mass is 16.5. The predicted molar refractivity (Wildman–Crippen MR) is 135 cm³/mol. The number of hydrogen-bond acceptors (Lipinski definition) is 5. The lowest BCUT2D eigenvalue weighted by molar-refractivity contribution is -0.139. The van der Waals surface area contributed by atoms with Gasteiger partial charge in [0.1, 0.15) is 18.6 Å². The molecule has 0 N–H and O–H groups in total. The Balaban J connectivity index is 2.02. The summed E-state index contributed by atoms with van der Waals surface area (Å²) in [6.45, 7) is 8.84. The second kappa shape index (κ2) is 18.8. The third-order valence-electron chi connectivity index (χ3n) is 6.32. The van der Waals surface area contributed by atoms with E-state index in [2.05, 4.69) is 6.92 Å². The van der Waals surface area contributed by atoms with E-state index in [9.17, 15) is 9.59 Å². The molecule has 0 fully saturated rings. The molecule has 0 aliphatic carbocycles. The number of carbonyl (C=O) groups is 1. The van der Waals surface area contributed by atoms with Gasteiger partial charge in [0.2, 0.25) is 11.2 Å². The molecule has 1 atom stereocenters. The standard InChI is InChI=1S/C28H48O5/c1-5-6-7-8-9-10-11-12-13-14-15-16-17-18-19-31-21-25-20-26(29)27(22-32-25)33-28(30)24(4)23(2)3/h20,22-24H,5-19,21H2,1-4H3. The van der Waals surface area contributed by atoms with Crippen molar-refractivity contribution in [3.63, 3.8) is 0 Å². The Morgan fingerprint density at radius 2 is 1.36 bits per heavy atom. The maximum atomic E-state index is 12.1. The maximum Gasteiger partial charge on any atom is 0.314 e. The fourth-order valence-electron chi connectivity index (χ4n) is 3.63. The SMILES string of the molecule is CCCCCCCCCCCCCCCCOCc1cc(=O)c(OC(=O)C(C)C(C)C)co1. The number of rotatable bonds is 20. The van der Waals surface area contributed by atoms with E-state index in [1.54, 1.807) is 6.92 Å². The lowest BCUT2D eigenvalue weighted by atomic mass is 9.99. The van der Waals surface area contributed by atoms with Crippen molar-refractivity contribution in [2.45, 2.75) is 124 Å². The van der Waals surface area contributed by atoms with Crippen LogP contribution in [0.2, 0.25) is 0 Å². The third kappa shape index (κ3) is 14.3. The van der Waals surface area contributed by atoms with E-state index in [0.717, 1.165) is 6.42 Å². The molecule has 1 aromatic heterocycles. The van der Waals surface area contributed by atoms with E-state index in [1.165, 1.54) is 95.8 Å². The normalized spacial score (nSPS) is 12.3. The van der Waals surface area contributed by atoms with E-state index in [1.807, 2.05) is 13.8 Å². The number of unbranched alkanes of at least 4 members (excludes halogenated alkanes) is 13. The van der Waals surface area contributed by atoms with Crippen LogP contribution in [0.4, 0.5) is 0 Å². The topological polar surface area (TPSA) is 65.7 Å². The molecule has 5 nitrogen and oxygen atoms in total. The van der Waals surface area contributed by atoms with Crippen molar-refractivity contribution in [1.82, 2.24) is 0 Å². The second-order valence-electron chi connectivity index (χ2n) is 9.68. The van der Waals surface area contributed by atoms with Gasteiger partial charge >= 0.3 is 5.97 Å². The molecule has 0 amide bonds. The van der Waals surface area contributed by atoms with Gasteiger partial charge in [-0.2, -0.15) is 0 Å². The first kappa shape index (κ1) is 29.4. The van der Waals surface area contributed by atoms with Crippen LogP contribution in [0.3, 0.4) is 0 Å². The van der Waals surface area contributed by atoms with Gasteiger partial charge in [0, 0.05) is 12.7 Å². The van der Waals surface area contributed by atoms with Gasteiger partial charge in [-0.1, -0.05) is 111 Å². The second-order valence-corrected chi connectivity index (χ2v) is 9.68. The summed E-state index contributed by atoms with van der Waals surface area (Å²) < 4.78 is 16.2. The molecule has 0 saturated heterocycles. The van der Waals surface area contributed by atoms with Crippen molar-refractivity contribution < 1.29 is 18.7 Å². The molecule has 0 aliphatic heterocycles. The van der Waals surface area contributed by atoms with Crippen molar-refractivity contribution in [3.8, 4) is 5.75 Å². The minimum Gasteiger partial charge on any atom is -0.463 e. The Morgan fingerprint density at radius 1 is 0.848 bits per heavy atom. The zero-order valence-corrected chi connectivity index (χ0v) is 21.7.